The first kappa shape index (κ1) is 23.5. The zero-order chi connectivity index (χ0) is 24.0. The number of para-hydroxylation sites is 1. The van der Waals surface area contributed by atoms with Crippen molar-refractivity contribution in [2.45, 2.75) is 76.6 Å². The topological polar surface area (TPSA) is 106 Å². The summed E-state index contributed by atoms with van der Waals surface area (Å²) >= 11 is 0. The molecule has 8 nitrogen and oxygen atoms in total. The van der Waals surface area contributed by atoms with E-state index in [-0.39, 0.29) is 47.3 Å². The second kappa shape index (κ2) is 8.63. The number of nitrogens with two attached hydrogens (primary N) is 1. The van der Waals surface area contributed by atoms with Crippen molar-refractivity contribution in [1.29, 1.82) is 0 Å². The van der Waals surface area contributed by atoms with Crippen molar-refractivity contribution in [3.63, 3.8) is 0 Å². The second-order valence-corrected chi connectivity index (χ2v) is 10.7. The molecule has 0 saturated heterocycles. The average Bonchev–Trinajstić information content (AvgIpc) is 3.49. The smallest absolute Gasteiger partial charge is 0.231 e. The van der Waals surface area contributed by atoms with Gasteiger partial charge in [-0.25, -0.2) is 4.99 Å². The van der Waals surface area contributed by atoms with E-state index in [0.29, 0.717) is 25.9 Å². The number of nitrogens with one attached hydrogen (secondary N) is 1. The highest BCUT2D eigenvalue weighted by Gasteiger charge is 2.52. The number of amides is 2. The van der Waals surface area contributed by atoms with Crippen molar-refractivity contribution < 1.29 is 19.1 Å². The highest BCUT2D eigenvalue weighted by Crippen LogP contribution is 2.46. The standard InChI is InChI=1S/C25H36N4O4/c1-24(2)14-21(30)29(23(26)28-24)19(10-11-32-5)16-12-17(16)22(31)27-18-13-25(3,4)33-20-9-7-6-8-15(18)20/h6-9,16-19H,10-14H2,1-5H3,(H2,26,28)(H,27,31)/t16-,17-,18+,19+/m1/s1. The largest absolute Gasteiger partial charge is 0.487 e. The molecule has 3 aliphatic rings. The fraction of sp³-hybridized carbons (Fsp3) is 0.640. The number of fused-ring (bicyclic) bond motifs is 1. The van der Waals surface area contributed by atoms with Crippen LogP contribution in [0.1, 0.15) is 65.0 Å². The molecule has 33 heavy (non-hydrogen) atoms. The van der Waals surface area contributed by atoms with Crippen molar-refractivity contribution in [3.05, 3.63) is 29.8 Å². The number of hydrogen-bond donors (Lipinski definition) is 2. The molecule has 1 fully saturated rings. The van der Waals surface area contributed by atoms with Crippen LogP contribution in [0.15, 0.2) is 29.3 Å². The van der Waals surface area contributed by atoms with Crippen LogP contribution in [0, 0.1) is 11.8 Å². The van der Waals surface area contributed by atoms with Gasteiger partial charge in [-0.2, -0.15) is 0 Å². The predicted octanol–water partition coefficient (Wildman–Crippen LogP) is 2.77. The Hall–Kier alpha value is -2.61. The third-order valence-corrected chi connectivity index (χ3v) is 6.83. The third-order valence-electron chi connectivity index (χ3n) is 6.83. The summed E-state index contributed by atoms with van der Waals surface area (Å²) in [7, 11) is 1.64. The number of nitrogens with zero attached hydrogens (tertiary/aromatic N) is 2. The Bertz CT molecular complexity index is 957. The zero-order valence-electron chi connectivity index (χ0n) is 20.3. The lowest BCUT2D eigenvalue weighted by Crippen LogP contribution is -2.55. The summed E-state index contributed by atoms with van der Waals surface area (Å²) in [6, 6.07) is 7.55. The van der Waals surface area contributed by atoms with E-state index in [9.17, 15) is 9.59 Å². The van der Waals surface area contributed by atoms with Gasteiger partial charge in [0.05, 0.1) is 18.0 Å². The molecular weight excluding hydrogens is 420 g/mol. The number of ether oxygens (including phenoxy) is 2. The van der Waals surface area contributed by atoms with Crippen molar-refractivity contribution in [3.8, 4) is 5.75 Å². The second-order valence-electron chi connectivity index (χ2n) is 10.7. The Morgan fingerprint density at radius 3 is 2.76 bits per heavy atom. The van der Waals surface area contributed by atoms with Crippen LogP contribution in [0.3, 0.4) is 0 Å². The molecule has 0 bridgehead atoms. The molecule has 0 radical (unpaired) electrons. The fourth-order valence-electron chi connectivity index (χ4n) is 5.27. The molecule has 1 aromatic rings. The van der Waals surface area contributed by atoms with E-state index in [4.69, 9.17) is 15.2 Å². The summed E-state index contributed by atoms with van der Waals surface area (Å²) in [5.74, 6) is 0.890. The van der Waals surface area contributed by atoms with E-state index in [0.717, 1.165) is 17.7 Å². The van der Waals surface area contributed by atoms with E-state index in [1.807, 2.05) is 52.0 Å². The molecule has 1 aromatic carbocycles. The molecule has 0 spiro atoms. The first-order chi connectivity index (χ1) is 15.5. The van der Waals surface area contributed by atoms with Gasteiger partial charge in [0.25, 0.3) is 0 Å². The van der Waals surface area contributed by atoms with Crippen molar-refractivity contribution in [2.24, 2.45) is 22.6 Å². The molecular formula is C25H36N4O4. The van der Waals surface area contributed by atoms with Crippen molar-refractivity contribution >= 4 is 17.8 Å². The van der Waals surface area contributed by atoms with Crippen LogP contribution in [0.2, 0.25) is 0 Å². The Labute approximate surface area is 195 Å². The van der Waals surface area contributed by atoms with Crippen LogP contribution in [-0.2, 0) is 14.3 Å². The summed E-state index contributed by atoms with van der Waals surface area (Å²) < 4.78 is 11.4. The molecule has 3 N–H and O–H groups in total. The molecule has 0 unspecified atom stereocenters. The van der Waals surface area contributed by atoms with E-state index in [1.165, 1.54) is 0 Å². The van der Waals surface area contributed by atoms with E-state index in [1.54, 1.807) is 12.0 Å². The number of rotatable bonds is 7. The molecule has 8 heteroatoms. The normalized spacial score (nSPS) is 28.3. The Morgan fingerprint density at radius 1 is 1.33 bits per heavy atom. The van der Waals surface area contributed by atoms with Gasteiger partial charge in [-0.15, -0.1) is 0 Å². The minimum atomic E-state index is -0.507. The number of guanidine groups is 1. The van der Waals surface area contributed by atoms with E-state index in [2.05, 4.69) is 10.3 Å². The Kier molecular flexibility index (Phi) is 6.16. The van der Waals surface area contributed by atoms with Gasteiger partial charge in [0, 0.05) is 37.7 Å². The Morgan fingerprint density at radius 2 is 2.06 bits per heavy atom. The minimum Gasteiger partial charge on any atom is -0.487 e. The van der Waals surface area contributed by atoms with E-state index < -0.39 is 5.54 Å². The lowest BCUT2D eigenvalue weighted by molar-refractivity contribution is -0.132. The molecule has 4 atom stereocenters. The lowest BCUT2D eigenvalue weighted by Gasteiger charge is -2.38. The summed E-state index contributed by atoms with van der Waals surface area (Å²) in [6.45, 7) is 8.36. The number of carbonyl (C=O) groups is 2. The number of benzene rings is 1. The molecule has 1 saturated carbocycles. The molecule has 2 amide bonds. The van der Waals surface area contributed by atoms with Crippen LogP contribution >= 0.6 is 0 Å². The van der Waals surface area contributed by atoms with E-state index >= 15 is 0 Å². The van der Waals surface area contributed by atoms with Crippen molar-refractivity contribution in [2.75, 3.05) is 13.7 Å². The van der Waals surface area contributed by atoms with Gasteiger partial charge >= 0.3 is 0 Å². The van der Waals surface area contributed by atoms with Crippen LogP contribution in [0.4, 0.5) is 0 Å². The summed E-state index contributed by atoms with van der Waals surface area (Å²) in [5.41, 5.74) is 6.37. The van der Waals surface area contributed by atoms with Gasteiger partial charge < -0.3 is 20.5 Å². The number of hydrogen-bond acceptors (Lipinski definition) is 6. The molecule has 1 aliphatic carbocycles. The van der Waals surface area contributed by atoms with Gasteiger partial charge in [-0.05, 0) is 52.5 Å². The summed E-state index contributed by atoms with van der Waals surface area (Å²) in [5, 5.41) is 3.26. The number of carbonyl (C=O) groups excluding carboxylic acids is 2. The van der Waals surface area contributed by atoms with Gasteiger partial charge in [-0.1, -0.05) is 18.2 Å². The molecule has 0 aromatic heterocycles. The first-order valence-electron chi connectivity index (χ1n) is 11.8. The van der Waals surface area contributed by atoms with Gasteiger partial charge in [0.1, 0.15) is 11.4 Å². The van der Waals surface area contributed by atoms with Crippen LogP contribution in [-0.4, -0.2) is 53.6 Å². The minimum absolute atomic E-state index is 0.0141. The predicted molar refractivity (Wildman–Crippen MR) is 126 cm³/mol. The maximum atomic E-state index is 13.3. The average molecular weight is 457 g/mol. The summed E-state index contributed by atoms with van der Waals surface area (Å²) in [4.78, 5) is 32.4. The molecule has 180 valence electrons. The van der Waals surface area contributed by atoms with Crippen LogP contribution in [0.5, 0.6) is 5.75 Å². The third kappa shape index (κ3) is 5.00. The number of aliphatic imine (C=N–C) groups is 1. The molecule has 2 aliphatic heterocycles. The molecule has 4 rings (SSSR count). The van der Waals surface area contributed by atoms with Crippen molar-refractivity contribution in [1.82, 2.24) is 10.2 Å². The van der Waals surface area contributed by atoms with Gasteiger partial charge in [0.15, 0.2) is 5.96 Å². The van der Waals surface area contributed by atoms with Gasteiger partial charge in [-0.3, -0.25) is 14.5 Å². The quantitative estimate of drug-likeness (QED) is 0.656. The highest BCUT2D eigenvalue weighted by atomic mass is 16.5. The van der Waals surface area contributed by atoms with Crippen LogP contribution in [0.25, 0.3) is 0 Å². The number of methoxy groups -OCH3 is 1. The lowest BCUT2D eigenvalue weighted by atomic mass is 9.89. The Balaban J connectivity index is 1.49. The first-order valence-corrected chi connectivity index (χ1v) is 11.8. The SMILES string of the molecule is COCC[C@@H]([C@@H]1C[C@H]1C(=O)N[C@H]1CC(C)(C)Oc2ccccc21)N1C(=O)CC(C)(C)N=C1N. The zero-order valence-corrected chi connectivity index (χ0v) is 20.3. The highest BCUT2D eigenvalue weighted by molar-refractivity contribution is 5.99. The maximum absolute atomic E-state index is 13.3. The monoisotopic (exact) mass is 456 g/mol. The van der Waals surface area contributed by atoms with Gasteiger partial charge in [0.2, 0.25) is 11.8 Å². The molecule has 2 heterocycles. The fourth-order valence-corrected chi connectivity index (χ4v) is 5.27. The summed E-state index contributed by atoms with van der Waals surface area (Å²) in [6.07, 6.45) is 2.32. The van der Waals surface area contributed by atoms with Crippen LogP contribution < -0.4 is 15.8 Å². The maximum Gasteiger partial charge on any atom is 0.231 e.